The first-order valence-corrected chi connectivity index (χ1v) is 13.4. The summed E-state index contributed by atoms with van der Waals surface area (Å²) in [4.78, 5) is 26.9. The molecule has 4 aromatic rings. The van der Waals surface area contributed by atoms with Gasteiger partial charge in [-0.3, -0.25) is 9.59 Å². The molecular weight excluding hydrogens is 498 g/mol. The first-order chi connectivity index (χ1) is 18.9. The van der Waals surface area contributed by atoms with Gasteiger partial charge in [-0.15, -0.1) is 0 Å². The Labute approximate surface area is 226 Å². The SMILES string of the molecule is CC(=O)Nc1cccc(C2CCN(CCCCn3nc(-c4ccc(F)cc4F)c4ccccc4c3=O)CC2)c1. The maximum absolute atomic E-state index is 14.6. The van der Waals surface area contributed by atoms with E-state index in [0.717, 1.165) is 57.1 Å². The molecule has 0 atom stereocenters. The average molecular weight is 531 g/mol. The van der Waals surface area contributed by atoms with Crippen LogP contribution < -0.4 is 10.9 Å². The summed E-state index contributed by atoms with van der Waals surface area (Å²) in [6, 6.07) is 18.5. The van der Waals surface area contributed by atoms with Crippen LogP contribution in [-0.4, -0.2) is 40.2 Å². The van der Waals surface area contributed by atoms with E-state index in [-0.39, 0.29) is 17.0 Å². The summed E-state index contributed by atoms with van der Waals surface area (Å²) in [6.45, 7) is 4.86. The molecule has 0 bridgehead atoms. The number of halogens is 2. The van der Waals surface area contributed by atoms with Crippen LogP contribution in [0.4, 0.5) is 14.5 Å². The summed E-state index contributed by atoms with van der Waals surface area (Å²) < 4.78 is 29.5. The highest BCUT2D eigenvalue weighted by atomic mass is 19.1. The predicted molar refractivity (Wildman–Crippen MR) is 150 cm³/mol. The summed E-state index contributed by atoms with van der Waals surface area (Å²) in [5.74, 6) is -0.956. The third kappa shape index (κ3) is 6.23. The van der Waals surface area contributed by atoms with Gasteiger partial charge in [-0.05, 0) is 87.1 Å². The molecule has 1 N–H and O–H groups in total. The standard InChI is InChI=1S/C31H32F2N4O2/c1-21(38)34-25-8-6-7-23(19-25)22-13-17-36(18-14-22)15-4-5-16-37-31(39)27-10-3-2-9-26(27)30(35-37)28-12-11-24(32)20-29(28)33/h2-3,6-12,19-20,22H,4-5,13-18H2,1H3,(H,34,38). The minimum absolute atomic E-state index is 0.0676. The van der Waals surface area contributed by atoms with Crippen LogP contribution in [0.25, 0.3) is 22.0 Å². The third-order valence-electron chi connectivity index (χ3n) is 7.41. The summed E-state index contributed by atoms with van der Waals surface area (Å²) >= 11 is 0. The van der Waals surface area contributed by atoms with Crippen molar-refractivity contribution < 1.29 is 13.6 Å². The Kier molecular flexibility index (Phi) is 8.12. The van der Waals surface area contributed by atoms with Crippen molar-refractivity contribution in [3.8, 4) is 11.3 Å². The second kappa shape index (κ2) is 11.9. The number of hydrogen-bond donors (Lipinski definition) is 1. The number of rotatable bonds is 8. The Balaban J connectivity index is 1.20. The highest BCUT2D eigenvalue weighted by Crippen LogP contribution is 2.30. The molecule has 6 nitrogen and oxygen atoms in total. The number of carbonyl (C=O) groups is 1. The Morgan fingerprint density at radius 2 is 1.69 bits per heavy atom. The molecule has 202 valence electrons. The van der Waals surface area contributed by atoms with Crippen LogP contribution in [0, 0.1) is 11.6 Å². The van der Waals surface area contributed by atoms with Gasteiger partial charge in [0.05, 0.1) is 5.39 Å². The van der Waals surface area contributed by atoms with Crippen LogP contribution in [0.1, 0.15) is 44.1 Å². The number of aromatic nitrogens is 2. The molecular formula is C31H32F2N4O2. The molecule has 0 aliphatic carbocycles. The van der Waals surface area contributed by atoms with Crippen LogP contribution in [0.3, 0.4) is 0 Å². The van der Waals surface area contributed by atoms with Crippen molar-refractivity contribution in [2.45, 2.75) is 45.1 Å². The predicted octanol–water partition coefficient (Wildman–Crippen LogP) is 5.96. The fourth-order valence-corrected chi connectivity index (χ4v) is 5.43. The van der Waals surface area contributed by atoms with Gasteiger partial charge in [0.2, 0.25) is 5.91 Å². The van der Waals surface area contributed by atoms with Crippen LogP contribution in [0.15, 0.2) is 71.5 Å². The zero-order valence-electron chi connectivity index (χ0n) is 22.0. The van der Waals surface area contributed by atoms with Gasteiger partial charge < -0.3 is 10.2 Å². The normalized spacial score (nSPS) is 14.5. The zero-order chi connectivity index (χ0) is 27.4. The lowest BCUT2D eigenvalue weighted by molar-refractivity contribution is -0.114. The molecule has 0 unspecified atom stereocenters. The van der Waals surface area contributed by atoms with E-state index >= 15 is 0 Å². The van der Waals surface area contributed by atoms with E-state index in [1.54, 1.807) is 24.3 Å². The second-order valence-corrected chi connectivity index (χ2v) is 10.2. The van der Waals surface area contributed by atoms with Gasteiger partial charge in [-0.25, -0.2) is 13.5 Å². The lowest BCUT2D eigenvalue weighted by atomic mass is 9.89. The van der Waals surface area contributed by atoms with Crippen molar-refractivity contribution >= 4 is 22.4 Å². The van der Waals surface area contributed by atoms with E-state index in [0.29, 0.717) is 28.9 Å². The number of amides is 1. The van der Waals surface area contributed by atoms with Crippen LogP contribution in [0.5, 0.6) is 0 Å². The maximum Gasteiger partial charge on any atom is 0.274 e. The van der Waals surface area contributed by atoms with Gasteiger partial charge in [-0.1, -0.05) is 30.3 Å². The number of unbranched alkanes of at least 4 members (excludes halogenated alkanes) is 1. The molecule has 39 heavy (non-hydrogen) atoms. The van der Waals surface area contributed by atoms with Crippen molar-refractivity contribution in [2.75, 3.05) is 25.0 Å². The number of fused-ring (bicyclic) bond motifs is 1. The van der Waals surface area contributed by atoms with Gasteiger partial charge in [-0.2, -0.15) is 5.10 Å². The van der Waals surface area contributed by atoms with E-state index in [2.05, 4.69) is 27.4 Å². The molecule has 0 spiro atoms. The monoisotopic (exact) mass is 530 g/mol. The van der Waals surface area contributed by atoms with Crippen LogP contribution >= 0.6 is 0 Å². The van der Waals surface area contributed by atoms with Crippen LogP contribution in [-0.2, 0) is 11.3 Å². The van der Waals surface area contributed by atoms with Crippen molar-refractivity contribution in [3.63, 3.8) is 0 Å². The highest BCUT2D eigenvalue weighted by molar-refractivity contribution is 5.93. The fraction of sp³-hybridized carbons (Fsp3) is 0.323. The molecule has 1 amide bonds. The number of benzene rings is 3. The fourth-order valence-electron chi connectivity index (χ4n) is 5.43. The third-order valence-corrected chi connectivity index (χ3v) is 7.41. The summed E-state index contributed by atoms with van der Waals surface area (Å²) in [5, 5.41) is 8.39. The van der Waals surface area contributed by atoms with Crippen molar-refractivity contribution in [3.05, 3.63) is 94.3 Å². The number of nitrogens with one attached hydrogen (secondary N) is 1. The quantitative estimate of drug-likeness (QED) is 0.286. The highest BCUT2D eigenvalue weighted by Gasteiger charge is 2.21. The van der Waals surface area contributed by atoms with Gasteiger partial charge in [0.25, 0.3) is 5.56 Å². The topological polar surface area (TPSA) is 67.2 Å². The van der Waals surface area contributed by atoms with Crippen molar-refractivity contribution in [1.82, 2.24) is 14.7 Å². The Bertz CT molecular complexity index is 1540. The number of piperidine rings is 1. The summed E-state index contributed by atoms with van der Waals surface area (Å²) in [7, 11) is 0. The number of hydrogen-bond acceptors (Lipinski definition) is 4. The molecule has 0 radical (unpaired) electrons. The van der Waals surface area contributed by atoms with E-state index in [9.17, 15) is 18.4 Å². The van der Waals surface area contributed by atoms with E-state index in [4.69, 9.17) is 0 Å². The molecule has 1 saturated heterocycles. The summed E-state index contributed by atoms with van der Waals surface area (Å²) in [6.07, 6.45) is 3.78. The smallest absolute Gasteiger partial charge is 0.274 e. The van der Waals surface area contributed by atoms with E-state index < -0.39 is 11.6 Å². The molecule has 1 aromatic heterocycles. The molecule has 2 heterocycles. The number of likely N-dealkylation sites (tertiary alicyclic amines) is 1. The zero-order valence-corrected chi connectivity index (χ0v) is 22.0. The number of aryl methyl sites for hydroxylation is 1. The lowest BCUT2D eigenvalue weighted by Gasteiger charge is -2.32. The van der Waals surface area contributed by atoms with Gasteiger partial charge in [0, 0.05) is 36.2 Å². The summed E-state index contributed by atoms with van der Waals surface area (Å²) in [5.41, 5.74) is 2.40. The molecule has 3 aromatic carbocycles. The average Bonchev–Trinajstić information content (AvgIpc) is 2.93. The molecule has 1 aliphatic heterocycles. The molecule has 1 aliphatic rings. The Hall–Kier alpha value is -3.91. The Morgan fingerprint density at radius 1 is 0.949 bits per heavy atom. The number of anilines is 1. The lowest BCUT2D eigenvalue weighted by Crippen LogP contribution is -2.34. The van der Waals surface area contributed by atoms with Gasteiger partial charge >= 0.3 is 0 Å². The number of carbonyl (C=O) groups excluding carboxylic acids is 1. The molecule has 1 fully saturated rings. The number of nitrogens with zero attached hydrogens (tertiary/aromatic N) is 3. The maximum atomic E-state index is 14.6. The first-order valence-electron chi connectivity index (χ1n) is 13.4. The molecule has 8 heteroatoms. The van der Waals surface area contributed by atoms with Gasteiger partial charge in [0.1, 0.15) is 17.3 Å². The molecule has 5 rings (SSSR count). The van der Waals surface area contributed by atoms with Crippen molar-refractivity contribution in [1.29, 1.82) is 0 Å². The van der Waals surface area contributed by atoms with E-state index in [1.807, 2.05) is 12.1 Å². The van der Waals surface area contributed by atoms with Gasteiger partial charge in [0.15, 0.2) is 0 Å². The minimum atomic E-state index is -0.705. The second-order valence-electron chi connectivity index (χ2n) is 10.2. The minimum Gasteiger partial charge on any atom is -0.326 e. The van der Waals surface area contributed by atoms with E-state index in [1.165, 1.54) is 29.3 Å². The van der Waals surface area contributed by atoms with Crippen molar-refractivity contribution in [2.24, 2.45) is 0 Å². The first kappa shape index (κ1) is 26.7. The van der Waals surface area contributed by atoms with Crippen LogP contribution in [0.2, 0.25) is 0 Å². The largest absolute Gasteiger partial charge is 0.326 e. The Morgan fingerprint density at radius 3 is 2.44 bits per heavy atom. The molecule has 0 saturated carbocycles.